The Bertz CT molecular complexity index is 297. The third-order valence-electron chi connectivity index (χ3n) is 1.86. The summed E-state index contributed by atoms with van der Waals surface area (Å²) in [6.45, 7) is 0.161. The molecule has 0 amide bonds. The number of benzene rings is 1. The highest BCUT2D eigenvalue weighted by molar-refractivity contribution is 5.40. The van der Waals surface area contributed by atoms with Crippen LogP contribution in [-0.4, -0.2) is 29.2 Å². The Kier molecular flexibility index (Phi) is 2.08. The lowest BCUT2D eigenvalue weighted by Crippen LogP contribution is -2.39. The summed E-state index contributed by atoms with van der Waals surface area (Å²) in [5.41, 5.74) is 0. The maximum absolute atomic E-state index is 8.85. The Morgan fingerprint density at radius 2 is 1.92 bits per heavy atom. The zero-order valence-corrected chi connectivity index (χ0v) is 6.88. The Hall–Kier alpha value is -1.26. The van der Waals surface area contributed by atoms with Crippen LogP contribution in [0.3, 0.4) is 0 Å². The molecule has 1 atom stereocenters. The molecule has 13 heavy (non-hydrogen) atoms. The zero-order valence-electron chi connectivity index (χ0n) is 6.88. The number of aliphatic hydroxyl groups is 2. The van der Waals surface area contributed by atoms with E-state index in [1.54, 1.807) is 18.2 Å². The fourth-order valence-corrected chi connectivity index (χ4v) is 1.18. The van der Waals surface area contributed by atoms with Gasteiger partial charge in [-0.2, -0.15) is 0 Å². The highest BCUT2D eigenvalue weighted by Crippen LogP contribution is 2.31. The van der Waals surface area contributed by atoms with Crippen LogP contribution in [0.5, 0.6) is 11.5 Å². The quantitative estimate of drug-likeness (QED) is 0.606. The van der Waals surface area contributed by atoms with E-state index in [2.05, 4.69) is 0 Å². The van der Waals surface area contributed by atoms with E-state index < -0.39 is 12.4 Å². The molecule has 1 aromatic carbocycles. The molecule has 0 aromatic heterocycles. The molecule has 1 aromatic rings. The van der Waals surface area contributed by atoms with E-state index in [0.717, 1.165) is 0 Å². The monoisotopic (exact) mass is 182 g/mol. The van der Waals surface area contributed by atoms with Gasteiger partial charge in [0.25, 0.3) is 0 Å². The molecule has 0 spiro atoms. The first-order valence-corrected chi connectivity index (χ1v) is 4.02. The van der Waals surface area contributed by atoms with Gasteiger partial charge in [0.15, 0.2) is 23.9 Å². The molecule has 0 saturated heterocycles. The molecule has 4 nitrogen and oxygen atoms in total. The molecule has 1 aliphatic heterocycles. The van der Waals surface area contributed by atoms with Crippen molar-refractivity contribution in [1.82, 2.24) is 0 Å². The van der Waals surface area contributed by atoms with E-state index in [1.165, 1.54) is 0 Å². The number of ether oxygens (including phenoxy) is 2. The summed E-state index contributed by atoms with van der Waals surface area (Å²) in [6.07, 6.45) is -2.21. The van der Waals surface area contributed by atoms with E-state index >= 15 is 0 Å². The van der Waals surface area contributed by atoms with E-state index in [1.807, 2.05) is 6.07 Å². The van der Waals surface area contributed by atoms with Crippen molar-refractivity contribution in [3.8, 4) is 11.5 Å². The van der Waals surface area contributed by atoms with Crippen molar-refractivity contribution < 1.29 is 19.7 Å². The van der Waals surface area contributed by atoms with Crippen LogP contribution in [0.2, 0.25) is 0 Å². The normalized spacial score (nSPS) is 20.4. The molecule has 1 aliphatic rings. The lowest BCUT2D eigenvalue weighted by atomic mass is 10.2. The predicted octanol–water partition coefficient (Wildman–Crippen LogP) is 0.137. The fourth-order valence-electron chi connectivity index (χ4n) is 1.18. The molecule has 4 heteroatoms. The largest absolute Gasteiger partial charge is 0.486 e. The molecule has 0 aliphatic carbocycles. The molecule has 0 radical (unpaired) electrons. The van der Waals surface area contributed by atoms with Gasteiger partial charge in [-0.3, -0.25) is 0 Å². The van der Waals surface area contributed by atoms with Gasteiger partial charge in [-0.25, -0.2) is 0 Å². The molecule has 2 N–H and O–H groups in total. The van der Waals surface area contributed by atoms with E-state index in [0.29, 0.717) is 11.5 Å². The molecule has 1 heterocycles. The maximum Gasteiger partial charge on any atom is 0.193 e. The second-order valence-electron chi connectivity index (χ2n) is 2.83. The summed E-state index contributed by atoms with van der Waals surface area (Å²) < 4.78 is 10.5. The van der Waals surface area contributed by atoms with Crippen LogP contribution in [-0.2, 0) is 0 Å². The summed E-state index contributed by atoms with van der Waals surface area (Å²) in [7, 11) is 0. The average Bonchev–Trinajstić information content (AvgIpc) is 2.17. The average molecular weight is 182 g/mol. The van der Waals surface area contributed by atoms with Crippen molar-refractivity contribution in [2.24, 2.45) is 0 Å². The smallest absolute Gasteiger partial charge is 0.193 e. The lowest BCUT2D eigenvalue weighted by molar-refractivity contribution is -0.129. The summed E-state index contributed by atoms with van der Waals surface area (Å²) in [5.74, 6) is 1.19. The van der Waals surface area contributed by atoms with Gasteiger partial charge in [0.05, 0.1) is 0 Å². The van der Waals surface area contributed by atoms with Crippen LogP contribution < -0.4 is 9.47 Å². The predicted molar refractivity (Wildman–Crippen MR) is 44.6 cm³/mol. The van der Waals surface area contributed by atoms with Crippen LogP contribution in [0, 0.1) is 0 Å². The number of para-hydroxylation sites is 2. The Morgan fingerprint density at radius 1 is 1.23 bits per heavy atom. The van der Waals surface area contributed by atoms with E-state index in [9.17, 15) is 0 Å². The molecule has 0 fully saturated rings. The molecule has 1 unspecified atom stereocenters. The zero-order chi connectivity index (χ0) is 9.26. The Balaban J connectivity index is 2.20. The second-order valence-corrected chi connectivity index (χ2v) is 2.83. The summed E-state index contributed by atoms with van der Waals surface area (Å²) in [6, 6.07) is 7.13. The van der Waals surface area contributed by atoms with Crippen molar-refractivity contribution in [3.63, 3.8) is 0 Å². The van der Waals surface area contributed by atoms with Crippen molar-refractivity contribution in [2.45, 2.75) is 12.4 Å². The fraction of sp³-hybridized carbons (Fsp3) is 0.333. The Morgan fingerprint density at radius 3 is 2.62 bits per heavy atom. The third kappa shape index (κ3) is 1.59. The maximum atomic E-state index is 8.85. The summed E-state index contributed by atoms with van der Waals surface area (Å²) in [5, 5.41) is 17.7. The SMILES string of the molecule is OC(O)C1COc2ccccc2O1. The number of hydrogen-bond donors (Lipinski definition) is 2. The Labute approximate surface area is 75.3 Å². The number of hydrogen-bond acceptors (Lipinski definition) is 4. The second kappa shape index (κ2) is 3.24. The van der Waals surface area contributed by atoms with E-state index in [4.69, 9.17) is 19.7 Å². The molecular weight excluding hydrogens is 172 g/mol. The van der Waals surface area contributed by atoms with Gasteiger partial charge >= 0.3 is 0 Å². The number of rotatable bonds is 1. The van der Waals surface area contributed by atoms with Crippen LogP contribution >= 0.6 is 0 Å². The lowest BCUT2D eigenvalue weighted by Gasteiger charge is -2.27. The molecule has 2 rings (SSSR count). The van der Waals surface area contributed by atoms with Crippen LogP contribution in [0.25, 0.3) is 0 Å². The minimum Gasteiger partial charge on any atom is -0.486 e. The van der Waals surface area contributed by atoms with Crippen LogP contribution in [0.4, 0.5) is 0 Å². The third-order valence-corrected chi connectivity index (χ3v) is 1.86. The van der Waals surface area contributed by atoms with Crippen molar-refractivity contribution in [3.05, 3.63) is 24.3 Å². The van der Waals surface area contributed by atoms with Gasteiger partial charge in [0.1, 0.15) is 6.61 Å². The standard InChI is InChI=1S/C9H10O4/c10-9(11)8-5-12-6-3-1-2-4-7(6)13-8/h1-4,8-11H,5H2. The summed E-state index contributed by atoms with van der Waals surface area (Å²) >= 11 is 0. The van der Waals surface area contributed by atoms with Gasteiger partial charge in [-0.15, -0.1) is 0 Å². The van der Waals surface area contributed by atoms with Gasteiger partial charge in [-0.05, 0) is 12.1 Å². The highest BCUT2D eigenvalue weighted by Gasteiger charge is 2.25. The van der Waals surface area contributed by atoms with Gasteiger partial charge in [0, 0.05) is 0 Å². The number of aliphatic hydroxyl groups excluding tert-OH is 1. The van der Waals surface area contributed by atoms with Crippen LogP contribution in [0.15, 0.2) is 24.3 Å². The minimum absolute atomic E-state index is 0.161. The molecule has 70 valence electrons. The highest BCUT2D eigenvalue weighted by atomic mass is 16.6. The van der Waals surface area contributed by atoms with Gasteiger partial charge < -0.3 is 19.7 Å². The van der Waals surface area contributed by atoms with Crippen molar-refractivity contribution >= 4 is 0 Å². The summed E-state index contributed by atoms with van der Waals surface area (Å²) in [4.78, 5) is 0. The topological polar surface area (TPSA) is 58.9 Å². The number of fused-ring (bicyclic) bond motifs is 1. The first-order valence-electron chi connectivity index (χ1n) is 4.02. The molecule has 0 bridgehead atoms. The molecule has 0 saturated carbocycles. The van der Waals surface area contributed by atoms with Crippen molar-refractivity contribution in [2.75, 3.05) is 6.61 Å². The van der Waals surface area contributed by atoms with E-state index in [-0.39, 0.29) is 6.61 Å². The van der Waals surface area contributed by atoms with Crippen LogP contribution in [0.1, 0.15) is 0 Å². The first kappa shape index (κ1) is 8.34. The minimum atomic E-state index is -1.51. The molecular formula is C9H10O4. The van der Waals surface area contributed by atoms with Gasteiger partial charge in [0.2, 0.25) is 0 Å². The van der Waals surface area contributed by atoms with Crippen molar-refractivity contribution in [1.29, 1.82) is 0 Å². The van der Waals surface area contributed by atoms with Gasteiger partial charge in [-0.1, -0.05) is 12.1 Å². The first-order chi connectivity index (χ1) is 6.27.